The van der Waals surface area contributed by atoms with Gasteiger partial charge in [-0.15, -0.1) is 0 Å². The van der Waals surface area contributed by atoms with Gasteiger partial charge < -0.3 is 13.7 Å². The van der Waals surface area contributed by atoms with Crippen molar-refractivity contribution in [3.8, 4) is 5.75 Å². The van der Waals surface area contributed by atoms with Crippen LogP contribution >= 0.6 is 0 Å². The van der Waals surface area contributed by atoms with Crippen molar-refractivity contribution in [3.63, 3.8) is 0 Å². The largest absolute Gasteiger partial charge is 0.497 e. The molecule has 1 amide bonds. The van der Waals surface area contributed by atoms with E-state index in [4.69, 9.17) is 13.7 Å². The van der Waals surface area contributed by atoms with Crippen LogP contribution in [0.25, 0.3) is 11.0 Å². The first-order chi connectivity index (χ1) is 14.5. The molecular weight excluding hydrogens is 384 g/mol. The first-order valence-corrected chi connectivity index (χ1v) is 9.46. The Labute approximate surface area is 171 Å². The molecule has 1 unspecified atom stereocenters. The molecule has 0 aliphatic carbocycles. The van der Waals surface area contributed by atoms with E-state index in [1.54, 1.807) is 44.4 Å². The van der Waals surface area contributed by atoms with Crippen LogP contribution in [0.15, 0.2) is 62.3 Å². The summed E-state index contributed by atoms with van der Waals surface area (Å²) in [7, 11) is 1.57. The van der Waals surface area contributed by atoms with Crippen molar-refractivity contribution in [2.24, 2.45) is 0 Å². The smallest absolute Gasteiger partial charge is 0.296 e. The Kier molecular flexibility index (Phi) is 3.99. The van der Waals surface area contributed by atoms with Gasteiger partial charge in [-0.25, -0.2) is 0 Å². The Bertz CT molecular complexity index is 1370. The van der Waals surface area contributed by atoms with E-state index in [2.05, 4.69) is 5.16 Å². The lowest BCUT2D eigenvalue weighted by atomic mass is 9.98. The van der Waals surface area contributed by atoms with Gasteiger partial charge in [0.2, 0.25) is 5.76 Å². The Balaban J connectivity index is 1.83. The first-order valence-electron chi connectivity index (χ1n) is 9.46. The zero-order valence-corrected chi connectivity index (χ0v) is 16.6. The molecule has 0 bridgehead atoms. The van der Waals surface area contributed by atoms with Gasteiger partial charge in [-0.05, 0) is 43.7 Å². The van der Waals surface area contributed by atoms with Crippen LogP contribution in [-0.2, 0) is 0 Å². The lowest BCUT2D eigenvalue weighted by molar-refractivity contribution is 0.0969. The minimum Gasteiger partial charge on any atom is -0.497 e. The normalized spacial score (nSPS) is 15.6. The van der Waals surface area contributed by atoms with Gasteiger partial charge in [-0.3, -0.25) is 14.5 Å². The predicted octanol–water partition coefficient (Wildman–Crippen LogP) is 4.16. The zero-order valence-electron chi connectivity index (χ0n) is 16.6. The number of aryl methyl sites for hydroxylation is 2. The van der Waals surface area contributed by atoms with Gasteiger partial charge in [-0.1, -0.05) is 28.9 Å². The molecule has 30 heavy (non-hydrogen) atoms. The highest BCUT2D eigenvalue weighted by Crippen LogP contribution is 2.41. The van der Waals surface area contributed by atoms with Crippen molar-refractivity contribution >= 4 is 22.7 Å². The highest BCUT2D eigenvalue weighted by molar-refractivity contribution is 6.10. The molecule has 1 atom stereocenters. The Morgan fingerprint density at radius 3 is 2.63 bits per heavy atom. The standard InChI is InChI=1S/C23H18N2O5/c1-12-7-8-17-16(9-12)21(26)19-20(14-5-4-6-15(11-14)28-3)25(23(27)22(19)29-17)18-10-13(2)30-24-18/h4-11,20H,1-3H3. The SMILES string of the molecule is COc1cccc(C2c3c(oc4ccc(C)cc4c3=O)C(=O)N2c2cc(C)on2)c1. The van der Waals surface area contributed by atoms with Crippen LogP contribution in [0.1, 0.15) is 39.0 Å². The number of hydrogen-bond donors (Lipinski definition) is 0. The van der Waals surface area contributed by atoms with Crippen molar-refractivity contribution in [2.45, 2.75) is 19.9 Å². The van der Waals surface area contributed by atoms with Crippen LogP contribution in [0, 0.1) is 13.8 Å². The molecule has 1 aliphatic heterocycles. The topological polar surface area (TPSA) is 85.8 Å². The number of fused-ring (bicyclic) bond motifs is 2. The van der Waals surface area contributed by atoms with E-state index in [1.165, 1.54) is 4.90 Å². The fourth-order valence-corrected chi connectivity index (χ4v) is 3.92. The minimum atomic E-state index is -0.715. The second-order valence-electron chi connectivity index (χ2n) is 7.32. The second kappa shape index (κ2) is 6.59. The van der Waals surface area contributed by atoms with Gasteiger partial charge in [-0.2, -0.15) is 0 Å². The third kappa shape index (κ3) is 2.62. The van der Waals surface area contributed by atoms with E-state index in [1.807, 2.05) is 25.1 Å². The summed E-state index contributed by atoms with van der Waals surface area (Å²) in [4.78, 5) is 28.3. The Morgan fingerprint density at radius 2 is 1.90 bits per heavy atom. The summed E-state index contributed by atoms with van der Waals surface area (Å²) in [5, 5.41) is 4.46. The van der Waals surface area contributed by atoms with Crippen molar-refractivity contribution < 1.29 is 18.5 Å². The maximum atomic E-state index is 13.5. The molecule has 0 saturated heterocycles. The molecule has 7 heteroatoms. The first kappa shape index (κ1) is 18.2. The summed E-state index contributed by atoms with van der Waals surface area (Å²) in [6.07, 6.45) is 0. The van der Waals surface area contributed by atoms with E-state index in [0.29, 0.717) is 33.9 Å². The van der Waals surface area contributed by atoms with E-state index in [9.17, 15) is 9.59 Å². The molecule has 150 valence electrons. The van der Waals surface area contributed by atoms with E-state index >= 15 is 0 Å². The van der Waals surface area contributed by atoms with Gasteiger partial charge >= 0.3 is 0 Å². The Morgan fingerprint density at radius 1 is 1.07 bits per heavy atom. The van der Waals surface area contributed by atoms with Crippen LogP contribution < -0.4 is 15.1 Å². The van der Waals surface area contributed by atoms with Gasteiger partial charge in [0.15, 0.2) is 11.2 Å². The molecule has 0 saturated carbocycles. The average molecular weight is 402 g/mol. The van der Waals surface area contributed by atoms with Gasteiger partial charge in [0, 0.05) is 6.07 Å². The monoisotopic (exact) mass is 402 g/mol. The molecule has 2 aromatic heterocycles. The number of benzene rings is 2. The van der Waals surface area contributed by atoms with Crippen molar-refractivity contribution in [3.05, 3.63) is 87.0 Å². The molecule has 5 rings (SSSR count). The van der Waals surface area contributed by atoms with Crippen molar-refractivity contribution in [2.75, 3.05) is 12.0 Å². The molecule has 7 nitrogen and oxygen atoms in total. The highest BCUT2D eigenvalue weighted by atomic mass is 16.5. The number of aromatic nitrogens is 1. The number of nitrogens with zero attached hydrogens (tertiary/aromatic N) is 2. The highest BCUT2D eigenvalue weighted by Gasteiger charge is 2.45. The summed E-state index contributed by atoms with van der Waals surface area (Å²) in [6, 6.07) is 13.5. The van der Waals surface area contributed by atoms with Crippen LogP contribution in [0.5, 0.6) is 5.75 Å². The molecule has 4 aromatic rings. The number of anilines is 1. The lowest BCUT2D eigenvalue weighted by Crippen LogP contribution is -2.29. The number of ether oxygens (including phenoxy) is 1. The number of amides is 1. The predicted molar refractivity (Wildman–Crippen MR) is 110 cm³/mol. The summed E-state index contributed by atoms with van der Waals surface area (Å²) < 4.78 is 16.5. The number of methoxy groups -OCH3 is 1. The lowest BCUT2D eigenvalue weighted by Gasteiger charge is -2.22. The van der Waals surface area contributed by atoms with E-state index in [0.717, 1.165) is 5.56 Å². The molecule has 0 radical (unpaired) electrons. The molecular formula is C23H18N2O5. The van der Waals surface area contributed by atoms with Gasteiger partial charge in [0.1, 0.15) is 17.1 Å². The number of rotatable bonds is 3. The van der Waals surface area contributed by atoms with Crippen LogP contribution in [0.3, 0.4) is 0 Å². The number of carbonyl (C=O) groups excluding carboxylic acids is 1. The van der Waals surface area contributed by atoms with Gasteiger partial charge in [0.05, 0.1) is 24.1 Å². The summed E-state index contributed by atoms with van der Waals surface area (Å²) in [6.45, 7) is 3.65. The maximum Gasteiger partial charge on any atom is 0.296 e. The molecule has 0 fully saturated rings. The quantitative estimate of drug-likeness (QED) is 0.512. The van der Waals surface area contributed by atoms with Crippen LogP contribution in [-0.4, -0.2) is 18.2 Å². The summed E-state index contributed by atoms with van der Waals surface area (Å²) >= 11 is 0. The third-order valence-corrected chi connectivity index (χ3v) is 5.30. The average Bonchev–Trinajstić information content (AvgIpc) is 3.30. The number of carbonyl (C=O) groups is 1. The van der Waals surface area contributed by atoms with E-state index in [-0.39, 0.29) is 16.8 Å². The van der Waals surface area contributed by atoms with Crippen LogP contribution in [0.2, 0.25) is 0 Å². The fourth-order valence-electron chi connectivity index (χ4n) is 3.92. The summed E-state index contributed by atoms with van der Waals surface area (Å²) in [5.74, 6) is 1.07. The zero-order chi connectivity index (χ0) is 21.0. The molecule has 2 aromatic carbocycles. The second-order valence-corrected chi connectivity index (χ2v) is 7.32. The van der Waals surface area contributed by atoms with Crippen LogP contribution in [0.4, 0.5) is 5.82 Å². The Hall–Kier alpha value is -3.87. The molecule has 0 spiro atoms. The fraction of sp³-hybridized carbons (Fsp3) is 0.174. The number of hydrogen-bond acceptors (Lipinski definition) is 6. The minimum absolute atomic E-state index is 0.0184. The summed E-state index contributed by atoms with van der Waals surface area (Å²) in [5.41, 5.74) is 2.06. The third-order valence-electron chi connectivity index (χ3n) is 5.30. The maximum absolute atomic E-state index is 13.5. The van der Waals surface area contributed by atoms with Crippen molar-refractivity contribution in [1.82, 2.24) is 5.16 Å². The van der Waals surface area contributed by atoms with Gasteiger partial charge in [0.25, 0.3) is 5.91 Å². The molecule has 0 N–H and O–H groups in total. The van der Waals surface area contributed by atoms with E-state index < -0.39 is 11.9 Å². The molecule has 1 aliphatic rings. The van der Waals surface area contributed by atoms with Crippen molar-refractivity contribution in [1.29, 1.82) is 0 Å². The molecule has 3 heterocycles.